The molecule has 4 amide bonds. The number of amides is 4. The maximum Gasteiger partial charge on any atom is 0.326 e. The Bertz CT molecular complexity index is 958. The van der Waals surface area contributed by atoms with Crippen LogP contribution in [0.15, 0.2) is 18.2 Å². The molecule has 1 aliphatic carbocycles. The van der Waals surface area contributed by atoms with Crippen LogP contribution in [0, 0.1) is 5.92 Å². The first kappa shape index (κ1) is 20.1. The predicted molar refractivity (Wildman–Crippen MR) is 105 cm³/mol. The minimum absolute atomic E-state index is 0.00789. The molecule has 0 bridgehead atoms. The third kappa shape index (κ3) is 3.44. The second kappa shape index (κ2) is 7.55. The van der Waals surface area contributed by atoms with Crippen molar-refractivity contribution in [3.8, 4) is 0 Å². The van der Waals surface area contributed by atoms with Crippen LogP contribution in [-0.4, -0.2) is 53.2 Å². The van der Waals surface area contributed by atoms with Crippen LogP contribution in [0.2, 0.25) is 0 Å². The summed E-state index contributed by atoms with van der Waals surface area (Å²) in [5.41, 5.74) is 0.755. The fourth-order valence-electron chi connectivity index (χ4n) is 4.45. The van der Waals surface area contributed by atoms with Crippen LogP contribution in [0.5, 0.6) is 0 Å². The molecule has 2 N–H and O–H groups in total. The molecule has 2 heterocycles. The lowest BCUT2D eigenvalue weighted by Crippen LogP contribution is -2.54. The van der Waals surface area contributed by atoms with E-state index in [9.17, 15) is 24.0 Å². The molecule has 30 heavy (non-hydrogen) atoms. The molecule has 158 valence electrons. The van der Waals surface area contributed by atoms with E-state index in [0.717, 1.165) is 24.2 Å². The number of nitrogens with zero attached hydrogens (tertiary/aromatic N) is 1. The number of nitrogens with one attached hydrogen (secondary N) is 2. The molecule has 3 aliphatic rings. The minimum atomic E-state index is -0.943. The van der Waals surface area contributed by atoms with E-state index < -0.39 is 42.4 Å². The number of carbonyl (C=O) groups excluding carboxylic acids is 5. The number of anilines is 1. The first-order valence-electron chi connectivity index (χ1n) is 10.1. The molecule has 1 spiro atoms. The van der Waals surface area contributed by atoms with Crippen molar-refractivity contribution in [1.29, 1.82) is 0 Å². The number of carbonyl (C=O) groups is 5. The number of ether oxygens (including phenoxy) is 1. The largest absolute Gasteiger partial charge is 0.456 e. The molecule has 4 rings (SSSR count). The van der Waals surface area contributed by atoms with E-state index in [0.29, 0.717) is 23.2 Å². The van der Waals surface area contributed by atoms with Gasteiger partial charge in [-0.3, -0.25) is 24.1 Å². The average molecular weight is 413 g/mol. The maximum absolute atomic E-state index is 12.9. The zero-order valence-corrected chi connectivity index (χ0v) is 16.7. The molecule has 0 radical (unpaired) electrons. The number of imide groups is 1. The summed E-state index contributed by atoms with van der Waals surface area (Å²) >= 11 is 0. The summed E-state index contributed by atoms with van der Waals surface area (Å²) in [6.07, 6.45) is 3.43. The molecule has 1 aromatic carbocycles. The highest BCUT2D eigenvalue weighted by atomic mass is 16.5. The molecule has 2 aliphatic heterocycles. The fraction of sp³-hybridized carbons (Fsp3) is 0.476. The number of hydrogen-bond donors (Lipinski definition) is 2. The van der Waals surface area contributed by atoms with Crippen molar-refractivity contribution in [1.82, 2.24) is 10.2 Å². The van der Waals surface area contributed by atoms with Gasteiger partial charge in [0, 0.05) is 11.3 Å². The molecule has 2 fully saturated rings. The third-order valence-electron chi connectivity index (χ3n) is 6.21. The molecular formula is C21H23N3O6. The van der Waals surface area contributed by atoms with Crippen molar-refractivity contribution in [2.24, 2.45) is 5.92 Å². The van der Waals surface area contributed by atoms with Crippen molar-refractivity contribution in [2.75, 3.05) is 18.5 Å². The van der Waals surface area contributed by atoms with Gasteiger partial charge in [-0.25, -0.2) is 4.79 Å². The Balaban J connectivity index is 1.34. The Morgan fingerprint density at radius 3 is 2.80 bits per heavy atom. The average Bonchev–Trinajstić information content (AvgIpc) is 3.20. The third-order valence-corrected chi connectivity index (χ3v) is 6.21. The zero-order valence-electron chi connectivity index (χ0n) is 16.7. The van der Waals surface area contributed by atoms with Gasteiger partial charge in [0.1, 0.15) is 12.1 Å². The van der Waals surface area contributed by atoms with E-state index in [-0.39, 0.29) is 18.2 Å². The summed E-state index contributed by atoms with van der Waals surface area (Å²) in [4.78, 5) is 62.0. The van der Waals surface area contributed by atoms with Crippen LogP contribution < -0.4 is 10.6 Å². The lowest BCUT2D eigenvalue weighted by Gasteiger charge is -2.36. The Morgan fingerprint density at radius 2 is 2.03 bits per heavy atom. The highest BCUT2D eigenvalue weighted by molar-refractivity contribution is 6.09. The highest BCUT2D eigenvalue weighted by Gasteiger charge is 2.55. The molecule has 2 atom stereocenters. The normalized spacial score (nSPS) is 25.2. The summed E-state index contributed by atoms with van der Waals surface area (Å²) in [5.74, 6) is -1.81. The summed E-state index contributed by atoms with van der Waals surface area (Å²) in [5, 5.41) is 5.45. The minimum Gasteiger partial charge on any atom is -0.456 e. The number of ketones is 1. The van der Waals surface area contributed by atoms with Crippen LogP contribution in [0.25, 0.3) is 0 Å². The zero-order chi connectivity index (χ0) is 21.5. The number of rotatable bonds is 5. The van der Waals surface area contributed by atoms with Crippen molar-refractivity contribution >= 4 is 35.3 Å². The Morgan fingerprint density at radius 1 is 1.23 bits per heavy atom. The molecule has 1 saturated carbocycles. The lowest BCUT2D eigenvalue weighted by atomic mass is 9.73. The summed E-state index contributed by atoms with van der Waals surface area (Å²) < 4.78 is 5.02. The lowest BCUT2D eigenvalue weighted by molar-refractivity contribution is -0.147. The predicted octanol–water partition coefficient (Wildman–Crippen LogP) is 1.41. The van der Waals surface area contributed by atoms with Crippen LogP contribution in [-0.2, 0) is 25.5 Å². The summed E-state index contributed by atoms with van der Waals surface area (Å²) in [6, 6.07) is 4.17. The van der Waals surface area contributed by atoms with E-state index in [1.54, 1.807) is 18.2 Å². The van der Waals surface area contributed by atoms with Gasteiger partial charge < -0.3 is 15.4 Å². The molecule has 1 aromatic rings. The SMILES string of the molecule is C[C@@H]1CCCC[C@@]12NC(=O)N(CC(=O)OCC(=O)c1ccc3c(c1)CC(=O)N3)C2=O. The number of benzene rings is 1. The highest BCUT2D eigenvalue weighted by Crippen LogP contribution is 2.38. The van der Waals surface area contributed by atoms with Crippen LogP contribution >= 0.6 is 0 Å². The molecule has 0 aromatic heterocycles. The molecular weight excluding hydrogens is 390 g/mol. The van der Waals surface area contributed by atoms with Gasteiger partial charge >= 0.3 is 12.0 Å². The van der Waals surface area contributed by atoms with E-state index in [4.69, 9.17) is 4.74 Å². The van der Waals surface area contributed by atoms with Crippen LogP contribution in [0.1, 0.15) is 48.5 Å². The Hall–Kier alpha value is -3.23. The number of urea groups is 1. The summed E-state index contributed by atoms with van der Waals surface area (Å²) in [6.45, 7) is 0.886. The van der Waals surface area contributed by atoms with Gasteiger partial charge in [-0.2, -0.15) is 0 Å². The van der Waals surface area contributed by atoms with Crippen molar-refractivity contribution in [2.45, 2.75) is 44.6 Å². The van der Waals surface area contributed by atoms with Gasteiger partial charge in [0.25, 0.3) is 5.91 Å². The molecule has 9 nitrogen and oxygen atoms in total. The van der Waals surface area contributed by atoms with E-state index in [1.807, 2.05) is 6.92 Å². The fourth-order valence-corrected chi connectivity index (χ4v) is 4.45. The second-order valence-electron chi connectivity index (χ2n) is 8.12. The maximum atomic E-state index is 12.9. The van der Waals surface area contributed by atoms with Gasteiger partial charge in [0.2, 0.25) is 5.91 Å². The number of fused-ring (bicyclic) bond motifs is 1. The topological polar surface area (TPSA) is 122 Å². The number of hydrogen-bond acceptors (Lipinski definition) is 6. The van der Waals surface area contributed by atoms with Gasteiger partial charge in [-0.05, 0) is 42.5 Å². The first-order valence-corrected chi connectivity index (χ1v) is 10.1. The van der Waals surface area contributed by atoms with E-state index in [2.05, 4.69) is 10.6 Å². The number of Topliss-reactive ketones (excluding diaryl/α,β-unsaturated/α-hetero) is 1. The van der Waals surface area contributed by atoms with E-state index in [1.165, 1.54) is 0 Å². The van der Waals surface area contributed by atoms with Crippen molar-refractivity contribution in [3.63, 3.8) is 0 Å². The monoisotopic (exact) mass is 413 g/mol. The van der Waals surface area contributed by atoms with Crippen molar-refractivity contribution < 1.29 is 28.7 Å². The molecule has 0 unspecified atom stereocenters. The molecule has 1 saturated heterocycles. The van der Waals surface area contributed by atoms with Crippen LogP contribution in [0.4, 0.5) is 10.5 Å². The van der Waals surface area contributed by atoms with Crippen LogP contribution in [0.3, 0.4) is 0 Å². The Kier molecular flexibility index (Phi) is 5.05. The van der Waals surface area contributed by atoms with Gasteiger partial charge in [0.15, 0.2) is 12.4 Å². The van der Waals surface area contributed by atoms with Crippen molar-refractivity contribution in [3.05, 3.63) is 29.3 Å². The molecule has 9 heteroatoms. The smallest absolute Gasteiger partial charge is 0.326 e. The first-order chi connectivity index (χ1) is 14.3. The summed E-state index contributed by atoms with van der Waals surface area (Å²) in [7, 11) is 0. The quantitative estimate of drug-likeness (QED) is 0.428. The van der Waals surface area contributed by atoms with Gasteiger partial charge in [0.05, 0.1) is 6.42 Å². The second-order valence-corrected chi connectivity index (χ2v) is 8.12. The van der Waals surface area contributed by atoms with Gasteiger partial charge in [-0.15, -0.1) is 0 Å². The standard InChI is InChI=1S/C21H23N3O6/c1-12-4-2-3-7-21(12)19(28)24(20(29)23-21)10-18(27)30-11-16(25)13-5-6-15-14(8-13)9-17(26)22-15/h5-6,8,12H,2-4,7,9-11H2,1H3,(H,22,26)(H,23,29)/t12-,21-/m1/s1. The van der Waals surface area contributed by atoms with E-state index >= 15 is 0 Å². The van der Waals surface area contributed by atoms with Gasteiger partial charge in [-0.1, -0.05) is 19.8 Å². The number of esters is 1. The Labute approximate surface area is 173 Å².